The minimum atomic E-state index is -0.518. The van der Waals surface area contributed by atoms with Gasteiger partial charge < -0.3 is 9.15 Å². The van der Waals surface area contributed by atoms with E-state index in [9.17, 15) is 9.59 Å². The van der Waals surface area contributed by atoms with Crippen molar-refractivity contribution in [3.05, 3.63) is 74.6 Å². The van der Waals surface area contributed by atoms with Gasteiger partial charge in [0.1, 0.15) is 11.3 Å². The van der Waals surface area contributed by atoms with Crippen LogP contribution in [0, 0.1) is 13.8 Å². The molecule has 0 unspecified atom stereocenters. The molecule has 0 radical (unpaired) electrons. The highest BCUT2D eigenvalue weighted by atomic mass is 35.5. The van der Waals surface area contributed by atoms with Crippen molar-refractivity contribution in [1.82, 2.24) is 0 Å². The Morgan fingerprint density at radius 3 is 2.48 bits per heavy atom. The molecule has 0 bridgehead atoms. The Morgan fingerprint density at radius 1 is 1.09 bits per heavy atom. The molecular formula is C18H13ClO4. The van der Waals surface area contributed by atoms with Crippen molar-refractivity contribution < 1.29 is 13.9 Å². The van der Waals surface area contributed by atoms with Gasteiger partial charge in [0.05, 0.1) is 5.56 Å². The summed E-state index contributed by atoms with van der Waals surface area (Å²) >= 11 is 5.80. The van der Waals surface area contributed by atoms with Gasteiger partial charge in [-0.25, -0.2) is 9.59 Å². The standard InChI is InChI=1S/C18H13ClO4/c1-10-9-16(20)23-17-11(2)15(8-7-14(10)17)18(21)22-13-5-3-12(19)4-6-13/h3-9H,1-2H3. The van der Waals surface area contributed by atoms with Crippen LogP contribution >= 0.6 is 11.6 Å². The maximum absolute atomic E-state index is 12.4. The van der Waals surface area contributed by atoms with E-state index in [0.29, 0.717) is 27.5 Å². The van der Waals surface area contributed by atoms with E-state index in [-0.39, 0.29) is 0 Å². The third kappa shape index (κ3) is 2.98. The van der Waals surface area contributed by atoms with E-state index >= 15 is 0 Å². The molecule has 116 valence electrons. The molecule has 0 saturated heterocycles. The summed E-state index contributed by atoms with van der Waals surface area (Å²) in [7, 11) is 0. The number of aryl methyl sites for hydroxylation is 2. The number of hydrogen-bond donors (Lipinski definition) is 0. The van der Waals surface area contributed by atoms with Crippen molar-refractivity contribution >= 4 is 28.5 Å². The van der Waals surface area contributed by atoms with Gasteiger partial charge in [0.15, 0.2) is 0 Å². The van der Waals surface area contributed by atoms with Crippen LogP contribution in [0.5, 0.6) is 5.75 Å². The molecule has 2 aromatic carbocycles. The summed E-state index contributed by atoms with van der Waals surface area (Å²) in [6.07, 6.45) is 0. The van der Waals surface area contributed by atoms with Crippen LogP contribution < -0.4 is 10.4 Å². The van der Waals surface area contributed by atoms with Crippen molar-refractivity contribution in [2.24, 2.45) is 0 Å². The number of ether oxygens (including phenoxy) is 1. The Kier molecular flexibility index (Phi) is 3.92. The molecule has 0 aliphatic rings. The van der Waals surface area contributed by atoms with Crippen LogP contribution in [-0.4, -0.2) is 5.97 Å². The number of carbonyl (C=O) groups excluding carboxylic acids is 1. The van der Waals surface area contributed by atoms with Gasteiger partial charge in [0.2, 0.25) is 0 Å². The highest BCUT2D eigenvalue weighted by Gasteiger charge is 2.16. The van der Waals surface area contributed by atoms with Crippen LogP contribution in [0.3, 0.4) is 0 Å². The van der Waals surface area contributed by atoms with E-state index in [1.165, 1.54) is 6.07 Å². The number of benzene rings is 2. The molecule has 3 aromatic rings. The summed E-state index contributed by atoms with van der Waals surface area (Å²) in [5.41, 5.74) is 1.68. The van der Waals surface area contributed by atoms with E-state index in [0.717, 1.165) is 10.9 Å². The Labute approximate surface area is 137 Å². The summed E-state index contributed by atoms with van der Waals surface area (Å²) in [5.74, 6) is -0.125. The van der Waals surface area contributed by atoms with Crippen LogP contribution in [0.1, 0.15) is 21.5 Å². The Bertz CT molecular complexity index is 955. The van der Waals surface area contributed by atoms with Gasteiger partial charge >= 0.3 is 11.6 Å². The average Bonchev–Trinajstić information content (AvgIpc) is 2.50. The first-order valence-corrected chi connectivity index (χ1v) is 7.35. The van der Waals surface area contributed by atoms with Crippen molar-refractivity contribution in [1.29, 1.82) is 0 Å². The highest BCUT2D eigenvalue weighted by molar-refractivity contribution is 6.30. The second-order valence-electron chi connectivity index (χ2n) is 5.21. The largest absolute Gasteiger partial charge is 0.423 e. The maximum Gasteiger partial charge on any atom is 0.343 e. The van der Waals surface area contributed by atoms with Crippen molar-refractivity contribution in [3.63, 3.8) is 0 Å². The molecule has 23 heavy (non-hydrogen) atoms. The van der Waals surface area contributed by atoms with Crippen molar-refractivity contribution in [3.8, 4) is 5.75 Å². The van der Waals surface area contributed by atoms with Gasteiger partial charge in [-0.05, 0) is 49.7 Å². The molecular weight excluding hydrogens is 316 g/mol. The zero-order valence-electron chi connectivity index (χ0n) is 12.6. The van der Waals surface area contributed by atoms with Gasteiger partial charge in [0.25, 0.3) is 0 Å². The molecule has 0 fully saturated rings. The summed E-state index contributed by atoms with van der Waals surface area (Å²) < 4.78 is 10.6. The molecule has 0 atom stereocenters. The lowest BCUT2D eigenvalue weighted by Crippen LogP contribution is -2.11. The van der Waals surface area contributed by atoms with E-state index in [1.807, 2.05) is 6.92 Å². The molecule has 3 rings (SSSR count). The number of hydrogen-bond acceptors (Lipinski definition) is 4. The van der Waals surface area contributed by atoms with Gasteiger partial charge in [-0.15, -0.1) is 0 Å². The number of fused-ring (bicyclic) bond motifs is 1. The van der Waals surface area contributed by atoms with Gasteiger partial charge in [-0.3, -0.25) is 0 Å². The maximum atomic E-state index is 12.4. The fraction of sp³-hybridized carbons (Fsp3) is 0.111. The van der Waals surface area contributed by atoms with E-state index in [2.05, 4.69) is 0 Å². The van der Waals surface area contributed by atoms with E-state index in [4.69, 9.17) is 20.8 Å². The third-order valence-electron chi connectivity index (χ3n) is 3.61. The molecule has 0 aliphatic carbocycles. The van der Waals surface area contributed by atoms with Gasteiger partial charge in [-0.2, -0.15) is 0 Å². The molecule has 4 nitrogen and oxygen atoms in total. The van der Waals surface area contributed by atoms with Crippen molar-refractivity contribution in [2.75, 3.05) is 0 Å². The minimum absolute atomic E-state index is 0.348. The normalized spacial score (nSPS) is 10.7. The SMILES string of the molecule is Cc1cc(=O)oc2c(C)c(C(=O)Oc3ccc(Cl)cc3)ccc12. The monoisotopic (exact) mass is 328 g/mol. The fourth-order valence-electron chi connectivity index (χ4n) is 2.40. The number of carbonyl (C=O) groups is 1. The first kappa shape index (κ1) is 15.3. The van der Waals surface area contributed by atoms with Crippen LogP contribution in [-0.2, 0) is 0 Å². The van der Waals surface area contributed by atoms with Crippen molar-refractivity contribution in [2.45, 2.75) is 13.8 Å². The Hall–Kier alpha value is -2.59. The lowest BCUT2D eigenvalue weighted by Gasteiger charge is -2.09. The molecule has 1 heterocycles. The topological polar surface area (TPSA) is 56.5 Å². The first-order chi connectivity index (χ1) is 11.0. The first-order valence-electron chi connectivity index (χ1n) is 6.97. The second kappa shape index (κ2) is 5.89. The summed E-state index contributed by atoms with van der Waals surface area (Å²) in [6.45, 7) is 3.55. The van der Waals surface area contributed by atoms with E-state index in [1.54, 1.807) is 43.3 Å². The second-order valence-corrected chi connectivity index (χ2v) is 5.64. The average molecular weight is 329 g/mol. The quantitative estimate of drug-likeness (QED) is 0.400. The fourth-order valence-corrected chi connectivity index (χ4v) is 2.53. The molecule has 0 N–H and O–H groups in total. The Balaban J connectivity index is 2.02. The summed E-state index contributed by atoms with van der Waals surface area (Å²) in [6, 6.07) is 11.3. The molecule has 1 aromatic heterocycles. The van der Waals surface area contributed by atoms with Crippen LogP contribution in [0.2, 0.25) is 5.02 Å². The van der Waals surface area contributed by atoms with Crippen LogP contribution in [0.15, 0.2) is 51.7 Å². The molecule has 5 heteroatoms. The number of esters is 1. The molecule has 0 saturated carbocycles. The lowest BCUT2D eigenvalue weighted by atomic mass is 10.0. The predicted molar refractivity (Wildman–Crippen MR) is 88.4 cm³/mol. The summed E-state index contributed by atoms with van der Waals surface area (Å²) in [4.78, 5) is 23.9. The summed E-state index contributed by atoms with van der Waals surface area (Å²) in [5, 5.41) is 1.36. The molecule has 0 aliphatic heterocycles. The van der Waals surface area contributed by atoms with E-state index < -0.39 is 11.6 Å². The van der Waals surface area contributed by atoms with Crippen LogP contribution in [0.4, 0.5) is 0 Å². The molecule has 0 amide bonds. The lowest BCUT2D eigenvalue weighted by molar-refractivity contribution is 0.0734. The zero-order valence-corrected chi connectivity index (χ0v) is 13.3. The predicted octanol–water partition coefficient (Wildman–Crippen LogP) is 4.28. The number of halogens is 1. The van der Waals surface area contributed by atoms with Gasteiger partial charge in [0, 0.05) is 22.0 Å². The van der Waals surface area contributed by atoms with Crippen LogP contribution in [0.25, 0.3) is 11.0 Å². The highest BCUT2D eigenvalue weighted by Crippen LogP contribution is 2.24. The Morgan fingerprint density at radius 2 is 1.78 bits per heavy atom. The zero-order chi connectivity index (χ0) is 16.6. The third-order valence-corrected chi connectivity index (χ3v) is 3.86. The van der Waals surface area contributed by atoms with Gasteiger partial charge in [-0.1, -0.05) is 17.7 Å². The molecule has 0 spiro atoms. The minimum Gasteiger partial charge on any atom is -0.423 e. The number of rotatable bonds is 2. The smallest absolute Gasteiger partial charge is 0.343 e.